The fourth-order valence-corrected chi connectivity index (χ4v) is 3.08. The maximum absolute atomic E-state index is 8.92. The Balaban J connectivity index is 1.92. The number of benzene rings is 1. The standard InChI is InChI=1S/C16H26N2O/c1-13-4-3-5-15(8-13)11-18-10-14(2)9-16(12-18)17-6-7-19/h3-5,8,14,16-17,19H,6-7,9-12H2,1-2H3. The fourth-order valence-electron chi connectivity index (χ4n) is 3.08. The number of likely N-dealkylation sites (tertiary alicyclic amines) is 1. The highest BCUT2D eigenvalue weighted by atomic mass is 16.3. The highest BCUT2D eigenvalue weighted by Crippen LogP contribution is 2.18. The molecule has 0 radical (unpaired) electrons. The van der Waals surface area contributed by atoms with Gasteiger partial charge in [0.05, 0.1) is 6.61 Å². The van der Waals surface area contributed by atoms with Crippen LogP contribution < -0.4 is 5.32 Å². The molecule has 1 aromatic carbocycles. The number of aliphatic hydroxyl groups is 1. The molecule has 1 heterocycles. The molecule has 1 aromatic rings. The first-order valence-corrected chi connectivity index (χ1v) is 7.29. The molecule has 19 heavy (non-hydrogen) atoms. The molecule has 0 saturated carbocycles. The molecule has 3 nitrogen and oxygen atoms in total. The SMILES string of the molecule is Cc1cccc(CN2CC(C)CC(NCCO)C2)c1. The number of rotatable bonds is 5. The monoisotopic (exact) mass is 262 g/mol. The van der Waals surface area contributed by atoms with Crippen LogP contribution >= 0.6 is 0 Å². The maximum Gasteiger partial charge on any atom is 0.0556 e. The van der Waals surface area contributed by atoms with Crippen molar-refractivity contribution in [1.29, 1.82) is 0 Å². The number of aliphatic hydroxyl groups excluding tert-OH is 1. The lowest BCUT2D eigenvalue weighted by Gasteiger charge is -2.37. The van der Waals surface area contributed by atoms with Crippen LogP contribution in [0.25, 0.3) is 0 Å². The molecular weight excluding hydrogens is 236 g/mol. The molecule has 1 aliphatic heterocycles. The number of hydrogen-bond acceptors (Lipinski definition) is 3. The van der Waals surface area contributed by atoms with E-state index in [-0.39, 0.29) is 6.61 Å². The number of piperidine rings is 1. The summed E-state index contributed by atoms with van der Waals surface area (Å²) in [7, 11) is 0. The largest absolute Gasteiger partial charge is 0.395 e. The molecule has 1 aliphatic rings. The topological polar surface area (TPSA) is 35.5 Å². The second kappa shape index (κ2) is 7.04. The van der Waals surface area contributed by atoms with Crippen LogP contribution in [0.5, 0.6) is 0 Å². The molecule has 1 saturated heterocycles. The van der Waals surface area contributed by atoms with Gasteiger partial charge in [-0.1, -0.05) is 36.8 Å². The van der Waals surface area contributed by atoms with E-state index >= 15 is 0 Å². The third kappa shape index (κ3) is 4.60. The average molecular weight is 262 g/mol. The van der Waals surface area contributed by atoms with E-state index in [1.165, 1.54) is 24.1 Å². The Morgan fingerprint density at radius 3 is 2.95 bits per heavy atom. The van der Waals surface area contributed by atoms with E-state index in [0.29, 0.717) is 12.6 Å². The summed E-state index contributed by atoms with van der Waals surface area (Å²) in [4.78, 5) is 2.53. The third-order valence-electron chi connectivity index (χ3n) is 3.77. The summed E-state index contributed by atoms with van der Waals surface area (Å²) < 4.78 is 0. The van der Waals surface area contributed by atoms with Gasteiger partial charge < -0.3 is 10.4 Å². The van der Waals surface area contributed by atoms with Crippen LogP contribution in [0.3, 0.4) is 0 Å². The van der Waals surface area contributed by atoms with E-state index in [0.717, 1.165) is 19.0 Å². The summed E-state index contributed by atoms with van der Waals surface area (Å²) in [6.45, 7) is 8.68. The second-order valence-electron chi connectivity index (χ2n) is 5.90. The first kappa shape index (κ1) is 14.5. The zero-order valence-corrected chi connectivity index (χ0v) is 12.1. The van der Waals surface area contributed by atoms with Crippen molar-refractivity contribution in [2.24, 2.45) is 5.92 Å². The molecule has 0 aliphatic carbocycles. The van der Waals surface area contributed by atoms with Crippen LogP contribution in [0, 0.1) is 12.8 Å². The van der Waals surface area contributed by atoms with Crippen molar-refractivity contribution in [3.8, 4) is 0 Å². The maximum atomic E-state index is 8.92. The van der Waals surface area contributed by atoms with E-state index in [1.54, 1.807) is 0 Å². The molecule has 2 N–H and O–H groups in total. The van der Waals surface area contributed by atoms with Gasteiger partial charge in [0.15, 0.2) is 0 Å². The first-order valence-electron chi connectivity index (χ1n) is 7.29. The quantitative estimate of drug-likeness (QED) is 0.849. The summed E-state index contributed by atoms with van der Waals surface area (Å²) in [6, 6.07) is 9.28. The zero-order valence-electron chi connectivity index (χ0n) is 12.1. The molecule has 0 bridgehead atoms. The minimum Gasteiger partial charge on any atom is -0.395 e. The summed E-state index contributed by atoms with van der Waals surface area (Å²) in [5.41, 5.74) is 2.73. The van der Waals surface area contributed by atoms with Gasteiger partial charge >= 0.3 is 0 Å². The second-order valence-corrected chi connectivity index (χ2v) is 5.90. The Bertz CT molecular complexity index is 394. The lowest BCUT2D eigenvalue weighted by atomic mass is 9.95. The van der Waals surface area contributed by atoms with Gasteiger partial charge in [-0.15, -0.1) is 0 Å². The minimum atomic E-state index is 0.225. The Morgan fingerprint density at radius 2 is 2.21 bits per heavy atom. The molecule has 3 heteroatoms. The van der Waals surface area contributed by atoms with E-state index in [9.17, 15) is 0 Å². The van der Waals surface area contributed by atoms with Crippen molar-refractivity contribution in [2.75, 3.05) is 26.2 Å². The van der Waals surface area contributed by atoms with Crippen LogP contribution in [0.1, 0.15) is 24.5 Å². The van der Waals surface area contributed by atoms with Crippen molar-refractivity contribution >= 4 is 0 Å². The fraction of sp³-hybridized carbons (Fsp3) is 0.625. The van der Waals surface area contributed by atoms with E-state index in [1.807, 2.05) is 0 Å². The normalized spacial score (nSPS) is 24.6. The van der Waals surface area contributed by atoms with Crippen molar-refractivity contribution in [1.82, 2.24) is 10.2 Å². The molecule has 2 rings (SSSR count). The number of hydrogen-bond donors (Lipinski definition) is 2. The summed E-state index contributed by atoms with van der Waals surface area (Å²) in [5.74, 6) is 0.717. The number of nitrogens with zero attached hydrogens (tertiary/aromatic N) is 1. The first-order chi connectivity index (χ1) is 9.17. The predicted octanol–water partition coefficient (Wildman–Crippen LogP) is 1.79. The van der Waals surface area contributed by atoms with Crippen molar-refractivity contribution < 1.29 is 5.11 Å². The van der Waals surface area contributed by atoms with Gasteiger partial charge in [0, 0.05) is 32.2 Å². The van der Waals surface area contributed by atoms with Crippen molar-refractivity contribution in [3.63, 3.8) is 0 Å². The van der Waals surface area contributed by atoms with E-state index in [2.05, 4.69) is 48.3 Å². The lowest BCUT2D eigenvalue weighted by Crippen LogP contribution is -2.48. The molecule has 2 unspecified atom stereocenters. The third-order valence-corrected chi connectivity index (χ3v) is 3.77. The molecule has 106 valence electrons. The van der Waals surface area contributed by atoms with Crippen LogP contribution in [-0.4, -0.2) is 42.3 Å². The van der Waals surface area contributed by atoms with Gasteiger partial charge in [-0.3, -0.25) is 4.90 Å². The molecule has 2 atom stereocenters. The lowest BCUT2D eigenvalue weighted by molar-refractivity contribution is 0.138. The number of aryl methyl sites for hydroxylation is 1. The van der Waals surface area contributed by atoms with Gasteiger partial charge in [0.25, 0.3) is 0 Å². The van der Waals surface area contributed by atoms with Gasteiger partial charge in [-0.05, 0) is 24.8 Å². The Morgan fingerprint density at radius 1 is 1.37 bits per heavy atom. The van der Waals surface area contributed by atoms with Crippen LogP contribution in [0.15, 0.2) is 24.3 Å². The molecule has 0 amide bonds. The highest BCUT2D eigenvalue weighted by molar-refractivity contribution is 5.22. The molecular formula is C16H26N2O. The van der Waals surface area contributed by atoms with Crippen LogP contribution in [-0.2, 0) is 6.54 Å². The average Bonchev–Trinajstić information content (AvgIpc) is 2.35. The van der Waals surface area contributed by atoms with Gasteiger partial charge in [-0.25, -0.2) is 0 Å². The predicted molar refractivity (Wildman–Crippen MR) is 79.1 cm³/mol. The Hall–Kier alpha value is -0.900. The summed E-state index contributed by atoms with van der Waals surface area (Å²) in [5, 5.41) is 12.4. The van der Waals surface area contributed by atoms with Crippen LogP contribution in [0.2, 0.25) is 0 Å². The van der Waals surface area contributed by atoms with E-state index < -0.39 is 0 Å². The summed E-state index contributed by atoms with van der Waals surface area (Å²) >= 11 is 0. The highest BCUT2D eigenvalue weighted by Gasteiger charge is 2.24. The van der Waals surface area contributed by atoms with Gasteiger partial charge in [-0.2, -0.15) is 0 Å². The smallest absolute Gasteiger partial charge is 0.0556 e. The Labute approximate surface area is 116 Å². The molecule has 0 aromatic heterocycles. The molecule has 0 spiro atoms. The van der Waals surface area contributed by atoms with Crippen molar-refractivity contribution in [2.45, 2.75) is 32.9 Å². The van der Waals surface area contributed by atoms with Crippen molar-refractivity contribution in [3.05, 3.63) is 35.4 Å². The van der Waals surface area contributed by atoms with E-state index in [4.69, 9.17) is 5.11 Å². The summed E-state index contributed by atoms with van der Waals surface area (Å²) in [6.07, 6.45) is 1.21. The number of nitrogens with one attached hydrogen (secondary N) is 1. The minimum absolute atomic E-state index is 0.225. The van der Waals surface area contributed by atoms with Gasteiger partial charge in [0.1, 0.15) is 0 Å². The van der Waals surface area contributed by atoms with Crippen LogP contribution in [0.4, 0.5) is 0 Å². The zero-order chi connectivity index (χ0) is 13.7. The van der Waals surface area contributed by atoms with Gasteiger partial charge in [0.2, 0.25) is 0 Å². The Kier molecular flexibility index (Phi) is 5.37. The molecule has 1 fully saturated rings.